The quantitative estimate of drug-likeness (QED) is 0.613. The summed E-state index contributed by atoms with van der Waals surface area (Å²) < 4.78 is 0. The Morgan fingerprint density at radius 2 is 1.86 bits per heavy atom. The number of hydrogen-bond donors (Lipinski definition) is 0. The number of rotatable bonds is 1. The van der Waals surface area contributed by atoms with Gasteiger partial charge in [0.2, 0.25) is 0 Å². The second kappa shape index (κ2) is 4.97. The summed E-state index contributed by atoms with van der Waals surface area (Å²) in [7, 11) is 4.58. The van der Waals surface area contributed by atoms with Gasteiger partial charge in [0.15, 0.2) is 0 Å². The van der Waals surface area contributed by atoms with Crippen LogP contribution in [0.3, 0.4) is 0 Å². The minimum Gasteiger partial charge on any atom is -0.306 e. The molecule has 1 heteroatoms. The highest BCUT2D eigenvalue weighted by Crippen LogP contribution is 2.63. The van der Waals surface area contributed by atoms with Crippen LogP contribution in [0.25, 0.3) is 0 Å². The number of nitrogens with zero attached hydrogens (tertiary/aromatic N) is 1. The van der Waals surface area contributed by atoms with Crippen LogP contribution in [0.2, 0.25) is 0 Å². The zero-order valence-electron chi connectivity index (χ0n) is 14.9. The number of hydrogen-bond acceptors (Lipinski definition) is 1. The SMILES string of the molecule is CN(C)C1CC[C@H]2[C@@H]3CCC4CCC=C[C@]4(C)C3=CC[C@]12C. The summed E-state index contributed by atoms with van der Waals surface area (Å²) in [6, 6.07) is 0.780. The lowest BCUT2D eigenvalue weighted by atomic mass is 9.50. The molecule has 2 saturated carbocycles. The molecule has 0 heterocycles. The van der Waals surface area contributed by atoms with E-state index >= 15 is 0 Å². The van der Waals surface area contributed by atoms with Gasteiger partial charge in [-0.3, -0.25) is 0 Å². The van der Waals surface area contributed by atoms with Crippen molar-refractivity contribution in [3.05, 3.63) is 23.8 Å². The summed E-state index contributed by atoms with van der Waals surface area (Å²) in [4.78, 5) is 2.51. The molecule has 0 aliphatic heterocycles. The second-order valence-corrected chi connectivity index (χ2v) is 9.18. The van der Waals surface area contributed by atoms with Crippen molar-refractivity contribution in [1.82, 2.24) is 4.90 Å². The van der Waals surface area contributed by atoms with Crippen LogP contribution < -0.4 is 0 Å². The molecule has 0 amide bonds. The lowest BCUT2D eigenvalue weighted by molar-refractivity contribution is 0.0454. The van der Waals surface area contributed by atoms with E-state index in [2.05, 4.69) is 51.1 Å². The molecule has 0 spiro atoms. The fourth-order valence-electron chi connectivity index (χ4n) is 6.93. The fourth-order valence-corrected chi connectivity index (χ4v) is 6.93. The highest BCUT2D eigenvalue weighted by molar-refractivity contribution is 5.33. The summed E-state index contributed by atoms with van der Waals surface area (Å²) in [6.07, 6.45) is 17.6. The first-order valence-corrected chi connectivity index (χ1v) is 9.51. The summed E-state index contributed by atoms with van der Waals surface area (Å²) in [5.41, 5.74) is 2.74. The first kappa shape index (κ1) is 15.0. The van der Waals surface area contributed by atoms with E-state index in [1.165, 1.54) is 44.9 Å². The molecule has 0 aromatic carbocycles. The van der Waals surface area contributed by atoms with Crippen molar-refractivity contribution in [3.63, 3.8) is 0 Å². The molecule has 22 heavy (non-hydrogen) atoms. The Bertz CT molecular complexity index is 516. The van der Waals surface area contributed by atoms with E-state index in [0.717, 1.165) is 23.8 Å². The maximum atomic E-state index is 2.70. The van der Waals surface area contributed by atoms with E-state index in [4.69, 9.17) is 0 Å². The molecule has 122 valence electrons. The zero-order valence-corrected chi connectivity index (χ0v) is 14.9. The molecule has 0 aromatic heterocycles. The van der Waals surface area contributed by atoms with Gasteiger partial charge in [-0.1, -0.05) is 37.6 Å². The van der Waals surface area contributed by atoms with Crippen molar-refractivity contribution in [3.8, 4) is 0 Å². The van der Waals surface area contributed by atoms with Crippen LogP contribution in [0.4, 0.5) is 0 Å². The van der Waals surface area contributed by atoms with Crippen molar-refractivity contribution in [1.29, 1.82) is 0 Å². The Hall–Kier alpha value is -0.560. The molecule has 0 radical (unpaired) electrons. The third-order valence-electron chi connectivity index (χ3n) is 8.07. The predicted molar refractivity (Wildman–Crippen MR) is 93.7 cm³/mol. The van der Waals surface area contributed by atoms with E-state index in [1.807, 2.05) is 5.57 Å². The molecule has 1 nitrogen and oxygen atoms in total. The van der Waals surface area contributed by atoms with Crippen LogP contribution in [-0.4, -0.2) is 25.0 Å². The van der Waals surface area contributed by atoms with Gasteiger partial charge in [-0.15, -0.1) is 0 Å². The zero-order chi connectivity index (χ0) is 15.5. The van der Waals surface area contributed by atoms with E-state index in [0.29, 0.717) is 10.8 Å². The van der Waals surface area contributed by atoms with Crippen LogP contribution in [0.15, 0.2) is 23.8 Å². The van der Waals surface area contributed by atoms with Crippen LogP contribution >= 0.6 is 0 Å². The maximum Gasteiger partial charge on any atom is 0.0149 e. The van der Waals surface area contributed by atoms with Gasteiger partial charge in [0.05, 0.1) is 0 Å². The van der Waals surface area contributed by atoms with Gasteiger partial charge in [0, 0.05) is 11.5 Å². The topological polar surface area (TPSA) is 3.24 Å². The lowest BCUT2D eigenvalue weighted by Crippen LogP contribution is -2.49. The molecule has 0 bridgehead atoms. The Kier molecular flexibility index (Phi) is 3.39. The summed E-state index contributed by atoms with van der Waals surface area (Å²) in [5, 5.41) is 0. The van der Waals surface area contributed by atoms with Gasteiger partial charge in [-0.05, 0) is 82.2 Å². The minimum absolute atomic E-state index is 0.388. The van der Waals surface area contributed by atoms with E-state index in [9.17, 15) is 0 Å². The van der Waals surface area contributed by atoms with Gasteiger partial charge >= 0.3 is 0 Å². The van der Waals surface area contributed by atoms with Crippen LogP contribution in [0, 0.1) is 28.6 Å². The van der Waals surface area contributed by atoms with Crippen molar-refractivity contribution in [2.75, 3.05) is 14.1 Å². The predicted octanol–water partition coefficient (Wildman–Crippen LogP) is 5.05. The Morgan fingerprint density at radius 3 is 2.64 bits per heavy atom. The van der Waals surface area contributed by atoms with Crippen molar-refractivity contribution in [2.24, 2.45) is 28.6 Å². The third kappa shape index (κ3) is 1.87. The van der Waals surface area contributed by atoms with E-state index < -0.39 is 0 Å². The van der Waals surface area contributed by atoms with E-state index in [-0.39, 0.29) is 0 Å². The van der Waals surface area contributed by atoms with Gasteiger partial charge in [-0.25, -0.2) is 0 Å². The van der Waals surface area contributed by atoms with Crippen LogP contribution in [0.5, 0.6) is 0 Å². The molecule has 0 saturated heterocycles. The summed E-state index contributed by atoms with van der Waals surface area (Å²) in [6.45, 7) is 5.14. The van der Waals surface area contributed by atoms with Crippen LogP contribution in [-0.2, 0) is 0 Å². The van der Waals surface area contributed by atoms with Gasteiger partial charge < -0.3 is 4.90 Å². The first-order chi connectivity index (χ1) is 10.5. The minimum atomic E-state index is 0.388. The van der Waals surface area contributed by atoms with Gasteiger partial charge in [0.1, 0.15) is 0 Å². The second-order valence-electron chi connectivity index (χ2n) is 9.18. The largest absolute Gasteiger partial charge is 0.306 e. The molecule has 2 fully saturated rings. The van der Waals surface area contributed by atoms with Crippen molar-refractivity contribution >= 4 is 0 Å². The molecule has 0 N–H and O–H groups in total. The molecule has 6 atom stereocenters. The highest BCUT2D eigenvalue weighted by atomic mass is 15.1. The number of allylic oxidation sites excluding steroid dienone is 4. The average molecular weight is 300 g/mol. The molecular weight excluding hydrogens is 266 g/mol. The lowest BCUT2D eigenvalue weighted by Gasteiger charge is -2.55. The van der Waals surface area contributed by atoms with Gasteiger partial charge in [-0.2, -0.15) is 0 Å². The van der Waals surface area contributed by atoms with Crippen molar-refractivity contribution < 1.29 is 0 Å². The van der Waals surface area contributed by atoms with Crippen LogP contribution in [0.1, 0.15) is 58.8 Å². The Morgan fingerprint density at radius 1 is 1.05 bits per heavy atom. The molecule has 2 unspecified atom stereocenters. The van der Waals surface area contributed by atoms with E-state index in [1.54, 1.807) is 0 Å². The Labute approximate surface area is 136 Å². The van der Waals surface area contributed by atoms with Crippen molar-refractivity contribution in [2.45, 2.75) is 64.8 Å². The maximum absolute atomic E-state index is 2.70. The molecular formula is C21H33N. The monoisotopic (exact) mass is 299 g/mol. The Balaban J connectivity index is 1.72. The highest BCUT2D eigenvalue weighted by Gasteiger charge is 2.56. The molecule has 4 rings (SSSR count). The fraction of sp³-hybridized carbons (Fsp3) is 0.810. The number of fused-ring (bicyclic) bond motifs is 5. The summed E-state index contributed by atoms with van der Waals surface area (Å²) >= 11 is 0. The summed E-state index contributed by atoms with van der Waals surface area (Å²) in [5.74, 6) is 2.70. The molecule has 4 aliphatic carbocycles. The van der Waals surface area contributed by atoms with Gasteiger partial charge in [0.25, 0.3) is 0 Å². The molecule has 0 aromatic rings. The molecule has 4 aliphatic rings. The first-order valence-electron chi connectivity index (χ1n) is 9.51. The average Bonchev–Trinajstić information content (AvgIpc) is 2.84. The smallest absolute Gasteiger partial charge is 0.0149 e. The standard InChI is InChI=1S/C21H33N/c1-20-13-6-5-7-15(20)8-9-16-17-10-11-19(22(3)4)21(17,2)14-12-18(16)20/h6,12-13,15-17,19H,5,7-11,14H2,1-4H3/t15?,16-,17-,19?,20-,21-/m0/s1. The third-order valence-corrected chi connectivity index (χ3v) is 8.07. The normalized spacial score (nSPS) is 50.3.